The number of halogens is 7. The highest BCUT2D eigenvalue weighted by Gasteiger charge is 2.77. The molecule has 0 amide bonds. The molecular formula is C11H11F7O4. The standard InChI is InChI=1S/C11H11F7O4/c1-6(2)7(19)21-4-3-5-22-8(20)9(12,13)10(14,15)11(16,17)18/h1,3-5H2,2H3. The fourth-order valence-electron chi connectivity index (χ4n) is 0.909. The second kappa shape index (κ2) is 6.97. The Labute approximate surface area is 119 Å². The summed E-state index contributed by atoms with van der Waals surface area (Å²) in [5.74, 6) is -16.5. The predicted molar refractivity (Wildman–Crippen MR) is 57.3 cm³/mol. The minimum absolute atomic E-state index is 0.0216. The van der Waals surface area contributed by atoms with E-state index >= 15 is 0 Å². The molecular weight excluding hydrogens is 329 g/mol. The lowest BCUT2D eigenvalue weighted by Gasteiger charge is -2.26. The molecule has 0 N–H and O–H groups in total. The van der Waals surface area contributed by atoms with Crippen molar-refractivity contribution in [2.45, 2.75) is 31.4 Å². The SMILES string of the molecule is C=C(C)C(=O)OCCCOC(=O)C(F)(F)C(F)(F)C(F)(F)F. The van der Waals surface area contributed by atoms with Crippen molar-refractivity contribution < 1.29 is 49.8 Å². The number of esters is 2. The molecule has 0 heterocycles. The van der Waals surface area contributed by atoms with Gasteiger partial charge in [0.2, 0.25) is 0 Å². The van der Waals surface area contributed by atoms with E-state index in [0.29, 0.717) is 0 Å². The smallest absolute Gasteiger partial charge is 0.460 e. The maximum atomic E-state index is 12.8. The molecule has 0 saturated heterocycles. The van der Waals surface area contributed by atoms with Gasteiger partial charge >= 0.3 is 30.0 Å². The van der Waals surface area contributed by atoms with Gasteiger partial charge in [-0.25, -0.2) is 9.59 Å². The summed E-state index contributed by atoms with van der Waals surface area (Å²) in [5.41, 5.74) is 0.0216. The van der Waals surface area contributed by atoms with Crippen LogP contribution in [0, 0.1) is 0 Å². The summed E-state index contributed by atoms with van der Waals surface area (Å²) >= 11 is 0. The maximum Gasteiger partial charge on any atom is 0.460 e. The van der Waals surface area contributed by atoms with Crippen LogP contribution in [0.4, 0.5) is 30.7 Å². The van der Waals surface area contributed by atoms with E-state index in [9.17, 15) is 40.3 Å². The molecule has 0 aromatic carbocycles. The van der Waals surface area contributed by atoms with Crippen molar-refractivity contribution in [1.29, 1.82) is 0 Å². The Kier molecular flexibility index (Phi) is 6.39. The van der Waals surface area contributed by atoms with Crippen molar-refractivity contribution >= 4 is 11.9 Å². The minimum Gasteiger partial charge on any atom is -0.462 e. The molecule has 0 aromatic rings. The van der Waals surface area contributed by atoms with Crippen LogP contribution in [0.1, 0.15) is 13.3 Å². The largest absolute Gasteiger partial charge is 0.462 e. The summed E-state index contributed by atoms with van der Waals surface area (Å²) in [6.07, 6.45) is -7.00. The Morgan fingerprint density at radius 1 is 0.955 bits per heavy atom. The number of alkyl halides is 7. The zero-order valence-corrected chi connectivity index (χ0v) is 11.1. The van der Waals surface area contributed by atoms with Crippen molar-refractivity contribution in [3.05, 3.63) is 12.2 Å². The molecule has 0 bridgehead atoms. The second-order valence-electron chi connectivity index (χ2n) is 4.05. The predicted octanol–water partition coefficient (Wildman–Crippen LogP) is 2.87. The lowest BCUT2D eigenvalue weighted by atomic mass is 10.1. The van der Waals surface area contributed by atoms with E-state index in [4.69, 9.17) is 0 Å². The highest BCUT2D eigenvalue weighted by molar-refractivity contribution is 5.86. The second-order valence-corrected chi connectivity index (χ2v) is 4.05. The third-order valence-corrected chi connectivity index (χ3v) is 2.11. The molecule has 0 atom stereocenters. The van der Waals surface area contributed by atoms with Crippen molar-refractivity contribution in [2.75, 3.05) is 13.2 Å². The van der Waals surface area contributed by atoms with Crippen molar-refractivity contribution in [2.24, 2.45) is 0 Å². The van der Waals surface area contributed by atoms with Crippen molar-refractivity contribution in [3.8, 4) is 0 Å². The number of hydrogen-bond donors (Lipinski definition) is 0. The topological polar surface area (TPSA) is 52.6 Å². The number of carbonyl (C=O) groups excluding carboxylic acids is 2. The summed E-state index contributed by atoms with van der Waals surface area (Å²) in [7, 11) is 0. The zero-order chi connectivity index (χ0) is 17.8. The Hall–Kier alpha value is -1.81. The highest BCUT2D eigenvalue weighted by atomic mass is 19.4. The monoisotopic (exact) mass is 340 g/mol. The molecule has 0 radical (unpaired) electrons. The first-order valence-corrected chi connectivity index (χ1v) is 5.57. The average molecular weight is 340 g/mol. The van der Waals surface area contributed by atoms with Gasteiger partial charge in [0.25, 0.3) is 0 Å². The van der Waals surface area contributed by atoms with Crippen LogP contribution in [-0.4, -0.2) is 43.2 Å². The van der Waals surface area contributed by atoms with E-state index in [1.807, 2.05) is 0 Å². The van der Waals surface area contributed by atoms with Gasteiger partial charge in [0.05, 0.1) is 13.2 Å². The Morgan fingerprint density at radius 3 is 1.82 bits per heavy atom. The lowest BCUT2D eigenvalue weighted by Crippen LogP contribution is -2.56. The Bertz CT molecular complexity index is 442. The van der Waals surface area contributed by atoms with Gasteiger partial charge in [-0.2, -0.15) is 30.7 Å². The summed E-state index contributed by atoms with van der Waals surface area (Å²) in [5, 5.41) is 0. The normalized spacial score (nSPS) is 12.7. The van der Waals surface area contributed by atoms with Crippen molar-refractivity contribution in [1.82, 2.24) is 0 Å². The molecule has 128 valence electrons. The molecule has 0 saturated carbocycles. The fourth-order valence-corrected chi connectivity index (χ4v) is 0.909. The molecule has 11 heteroatoms. The van der Waals surface area contributed by atoms with Crippen LogP contribution in [0.15, 0.2) is 12.2 Å². The number of hydrogen-bond acceptors (Lipinski definition) is 4. The summed E-state index contributed by atoms with van der Waals surface area (Å²) in [6, 6.07) is 0. The summed E-state index contributed by atoms with van der Waals surface area (Å²) in [4.78, 5) is 21.6. The van der Waals surface area contributed by atoms with Crippen LogP contribution in [0.5, 0.6) is 0 Å². The van der Waals surface area contributed by atoms with Crippen LogP contribution in [-0.2, 0) is 19.1 Å². The summed E-state index contributed by atoms with van der Waals surface area (Å²) < 4.78 is 94.0. The molecule has 0 spiro atoms. The molecule has 22 heavy (non-hydrogen) atoms. The zero-order valence-electron chi connectivity index (χ0n) is 11.1. The fraction of sp³-hybridized carbons (Fsp3) is 0.636. The van der Waals surface area contributed by atoms with Gasteiger partial charge < -0.3 is 9.47 Å². The lowest BCUT2D eigenvalue weighted by molar-refractivity contribution is -0.348. The molecule has 4 nitrogen and oxygen atoms in total. The van der Waals surface area contributed by atoms with E-state index in [-0.39, 0.29) is 12.0 Å². The van der Waals surface area contributed by atoms with E-state index in [0.717, 1.165) is 0 Å². The van der Waals surface area contributed by atoms with Gasteiger partial charge in [-0.3, -0.25) is 0 Å². The Morgan fingerprint density at radius 2 is 1.41 bits per heavy atom. The van der Waals surface area contributed by atoms with Crippen LogP contribution in [0.25, 0.3) is 0 Å². The maximum absolute atomic E-state index is 12.8. The van der Waals surface area contributed by atoms with E-state index in [2.05, 4.69) is 16.1 Å². The minimum atomic E-state index is -6.62. The number of carbonyl (C=O) groups is 2. The van der Waals surface area contributed by atoms with Crippen LogP contribution in [0.2, 0.25) is 0 Å². The molecule has 0 aromatic heterocycles. The first-order valence-electron chi connectivity index (χ1n) is 5.57. The third-order valence-electron chi connectivity index (χ3n) is 2.11. The number of ether oxygens (including phenoxy) is 2. The molecule has 0 unspecified atom stereocenters. The van der Waals surface area contributed by atoms with Gasteiger partial charge in [0, 0.05) is 12.0 Å². The van der Waals surface area contributed by atoms with E-state index < -0.39 is 43.2 Å². The third kappa shape index (κ3) is 4.60. The van der Waals surface area contributed by atoms with E-state index in [1.54, 1.807) is 0 Å². The Balaban J connectivity index is 4.43. The van der Waals surface area contributed by atoms with Gasteiger partial charge in [-0.1, -0.05) is 6.58 Å². The van der Waals surface area contributed by atoms with Gasteiger partial charge in [0.1, 0.15) is 0 Å². The number of rotatable bonds is 7. The summed E-state index contributed by atoms with van der Waals surface area (Å²) in [6.45, 7) is 3.15. The molecule has 0 aliphatic rings. The van der Waals surface area contributed by atoms with Gasteiger partial charge in [-0.15, -0.1) is 0 Å². The van der Waals surface area contributed by atoms with Crippen LogP contribution in [0.3, 0.4) is 0 Å². The molecule has 0 aliphatic carbocycles. The van der Waals surface area contributed by atoms with Crippen LogP contribution < -0.4 is 0 Å². The average Bonchev–Trinajstić information content (AvgIpc) is 2.35. The first-order chi connectivity index (χ1) is 9.75. The van der Waals surface area contributed by atoms with Gasteiger partial charge in [-0.05, 0) is 6.92 Å². The quantitative estimate of drug-likeness (QED) is 0.310. The van der Waals surface area contributed by atoms with Crippen molar-refractivity contribution in [3.63, 3.8) is 0 Å². The van der Waals surface area contributed by atoms with Crippen LogP contribution >= 0.6 is 0 Å². The molecule has 0 fully saturated rings. The van der Waals surface area contributed by atoms with Gasteiger partial charge in [0.15, 0.2) is 0 Å². The van der Waals surface area contributed by atoms with E-state index in [1.165, 1.54) is 6.92 Å². The molecule has 0 rings (SSSR count). The first kappa shape index (κ1) is 20.2. The molecule has 0 aliphatic heterocycles. The highest BCUT2D eigenvalue weighted by Crippen LogP contribution is 2.46.